The van der Waals surface area contributed by atoms with E-state index < -0.39 is 17.7 Å². The number of carbonyl (C=O) groups is 2. The van der Waals surface area contributed by atoms with Gasteiger partial charge in [-0.1, -0.05) is 29.8 Å². The van der Waals surface area contributed by atoms with Crippen LogP contribution in [0.25, 0.3) is 5.76 Å². The van der Waals surface area contributed by atoms with Gasteiger partial charge >= 0.3 is 0 Å². The predicted octanol–water partition coefficient (Wildman–Crippen LogP) is 4.01. The van der Waals surface area contributed by atoms with Gasteiger partial charge in [-0.25, -0.2) is 0 Å². The molecule has 2 aromatic rings. The molecule has 0 aliphatic carbocycles. The van der Waals surface area contributed by atoms with E-state index in [9.17, 15) is 14.7 Å². The SMILES string of the molecule is C=CCN1C(=O)C(=O)C(=C(O)c2ccc(Cl)cc2)C1c1ccc(N(C)C)cc1. The van der Waals surface area contributed by atoms with Crippen LogP contribution in [0.5, 0.6) is 0 Å². The summed E-state index contributed by atoms with van der Waals surface area (Å²) in [5, 5.41) is 11.4. The number of halogens is 1. The Morgan fingerprint density at radius 3 is 2.29 bits per heavy atom. The second kappa shape index (κ2) is 7.90. The van der Waals surface area contributed by atoms with Crippen molar-refractivity contribution >= 4 is 34.7 Å². The first-order valence-corrected chi connectivity index (χ1v) is 9.15. The lowest BCUT2D eigenvalue weighted by Gasteiger charge is -2.24. The third kappa shape index (κ3) is 3.53. The first-order valence-electron chi connectivity index (χ1n) is 8.77. The van der Waals surface area contributed by atoms with E-state index in [2.05, 4.69) is 6.58 Å². The van der Waals surface area contributed by atoms with Crippen molar-refractivity contribution in [1.82, 2.24) is 4.90 Å². The van der Waals surface area contributed by atoms with Crippen molar-refractivity contribution in [2.75, 3.05) is 25.5 Å². The number of aliphatic hydroxyl groups is 1. The van der Waals surface area contributed by atoms with E-state index in [1.807, 2.05) is 43.3 Å². The lowest BCUT2D eigenvalue weighted by Crippen LogP contribution is -2.29. The fraction of sp³-hybridized carbons (Fsp3) is 0.182. The molecular weight excluding hydrogens is 376 g/mol. The van der Waals surface area contributed by atoms with Gasteiger partial charge in [-0.2, -0.15) is 0 Å². The summed E-state index contributed by atoms with van der Waals surface area (Å²) in [6, 6.07) is 13.3. The Kier molecular flexibility index (Phi) is 5.56. The number of aliphatic hydroxyl groups excluding tert-OH is 1. The van der Waals surface area contributed by atoms with Crippen molar-refractivity contribution in [2.45, 2.75) is 6.04 Å². The van der Waals surface area contributed by atoms with Crippen LogP contribution >= 0.6 is 11.6 Å². The average Bonchev–Trinajstić information content (AvgIpc) is 2.93. The van der Waals surface area contributed by atoms with E-state index in [0.29, 0.717) is 10.6 Å². The minimum atomic E-state index is -0.712. The van der Waals surface area contributed by atoms with E-state index in [4.69, 9.17) is 11.6 Å². The molecule has 1 aliphatic rings. The van der Waals surface area contributed by atoms with Crippen LogP contribution in [0.3, 0.4) is 0 Å². The highest BCUT2D eigenvalue weighted by molar-refractivity contribution is 6.46. The second-order valence-corrected chi connectivity index (χ2v) is 7.17. The molecule has 1 heterocycles. The van der Waals surface area contributed by atoms with E-state index >= 15 is 0 Å². The molecule has 1 unspecified atom stereocenters. The Morgan fingerprint density at radius 1 is 1.14 bits per heavy atom. The van der Waals surface area contributed by atoms with E-state index in [0.717, 1.165) is 11.3 Å². The molecule has 0 bridgehead atoms. The first-order chi connectivity index (χ1) is 13.3. The van der Waals surface area contributed by atoms with Crippen molar-refractivity contribution in [3.8, 4) is 0 Å². The van der Waals surface area contributed by atoms with Gasteiger partial charge in [0, 0.05) is 36.9 Å². The molecule has 2 aromatic carbocycles. The third-order valence-electron chi connectivity index (χ3n) is 4.71. The number of benzene rings is 2. The van der Waals surface area contributed by atoms with Gasteiger partial charge in [0.15, 0.2) is 0 Å². The Morgan fingerprint density at radius 2 is 1.75 bits per heavy atom. The largest absolute Gasteiger partial charge is 0.507 e. The van der Waals surface area contributed by atoms with Crippen LogP contribution in [0.2, 0.25) is 5.02 Å². The number of hydrogen-bond acceptors (Lipinski definition) is 4. The summed E-state index contributed by atoms with van der Waals surface area (Å²) >= 11 is 5.92. The third-order valence-corrected chi connectivity index (χ3v) is 4.96. The molecule has 1 saturated heterocycles. The fourth-order valence-electron chi connectivity index (χ4n) is 3.27. The monoisotopic (exact) mass is 396 g/mol. The molecule has 28 heavy (non-hydrogen) atoms. The van der Waals surface area contributed by atoms with Crippen LogP contribution < -0.4 is 4.90 Å². The number of carbonyl (C=O) groups excluding carboxylic acids is 2. The zero-order valence-corrected chi connectivity index (χ0v) is 16.5. The normalized spacial score (nSPS) is 18.4. The van der Waals surface area contributed by atoms with Crippen molar-refractivity contribution in [2.24, 2.45) is 0 Å². The lowest BCUT2D eigenvalue weighted by atomic mass is 9.95. The standard InChI is InChI=1S/C22H21ClN2O3/c1-4-13-25-19(14-7-11-17(12-8-14)24(2)3)18(21(27)22(25)28)20(26)15-5-9-16(23)10-6-15/h4-12,19,26H,1,13H2,2-3H3. The summed E-state index contributed by atoms with van der Waals surface area (Å²) in [6.45, 7) is 3.88. The van der Waals surface area contributed by atoms with Crippen LogP contribution in [-0.2, 0) is 9.59 Å². The van der Waals surface area contributed by atoms with Gasteiger partial charge in [0.1, 0.15) is 5.76 Å². The zero-order chi connectivity index (χ0) is 20.4. The molecule has 144 valence electrons. The highest BCUT2D eigenvalue weighted by Crippen LogP contribution is 2.39. The molecule has 0 radical (unpaired) electrons. The maximum atomic E-state index is 12.8. The number of anilines is 1. The molecule has 1 aliphatic heterocycles. The Hall–Kier alpha value is -3.05. The summed E-state index contributed by atoms with van der Waals surface area (Å²) in [6.07, 6.45) is 1.56. The summed E-state index contributed by atoms with van der Waals surface area (Å²) < 4.78 is 0. The quantitative estimate of drug-likeness (QED) is 0.359. The van der Waals surface area contributed by atoms with Crippen LogP contribution in [0, 0.1) is 0 Å². The maximum Gasteiger partial charge on any atom is 0.295 e. The molecule has 5 nitrogen and oxygen atoms in total. The van der Waals surface area contributed by atoms with Gasteiger partial charge in [0.05, 0.1) is 11.6 Å². The molecule has 0 spiro atoms. The molecule has 3 rings (SSSR count). The Bertz CT molecular complexity index is 947. The van der Waals surface area contributed by atoms with Crippen molar-refractivity contribution < 1.29 is 14.7 Å². The van der Waals surface area contributed by atoms with E-state index in [-0.39, 0.29) is 17.9 Å². The average molecular weight is 397 g/mol. The number of ketones is 1. The predicted molar refractivity (Wildman–Crippen MR) is 111 cm³/mol. The van der Waals surface area contributed by atoms with Crippen molar-refractivity contribution in [3.05, 3.63) is 82.9 Å². The highest BCUT2D eigenvalue weighted by atomic mass is 35.5. The lowest BCUT2D eigenvalue weighted by molar-refractivity contribution is -0.139. The second-order valence-electron chi connectivity index (χ2n) is 6.73. The van der Waals surface area contributed by atoms with E-state index in [1.54, 1.807) is 30.3 Å². The highest BCUT2D eigenvalue weighted by Gasteiger charge is 2.45. The molecule has 1 fully saturated rings. The Balaban J connectivity index is 2.15. The van der Waals surface area contributed by atoms with Gasteiger partial charge in [0.2, 0.25) is 0 Å². The number of amides is 1. The minimum Gasteiger partial charge on any atom is -0.507 e. The number of likely N-dealkylation sites (tertiary alicyclic amines) is 1. The summed E-state index contributed by atoms with van der Waals surface area (Å²) in [5.41, 5.74) is 2.21. The number of rotatable bonds is 5. The number of nitrogens with zero attached hydrogens (tertiary/aromatic N) is 2. The van der Waals surface area contributed by atoms with Crippen LogP contribution in [-0.4, -0.2) is 42.3 Å². The molecule has 1 atom stereocenters. The topological polar surface area (TPSA) is 60.9 Å². The zero-order valence-electron chi connectivity index (χ0n) is 15.7. The minimum absolute atomic E-state index is 0.0618. The van der Waals surface area contributed by atoms with Gasteiger partial charge in [-0.15, -0.1) is 6.58 Å². The van der Waals surface area contributed by atoms with Crippen molar-refractivity contribution in [1.29, 1.82) is 0 Å². The van der Waals surface area contributed by atoms with E-state index in [1.165, 1.54) is 4.90 Å². The summed E-state index contributed by atoms with van der Waals surface area (Å²) in [5.74, 6) is -1.59. The van der Waals surface area contributed by atoms with Gasteiger partial charge in [-0.3, -0.25) is 9.59 Å². The van der Waals surface area contributed by atoms with Crippen molar-refractivity contribution in [3.63, 3.8) is 0 Å². The fourth-order valence-corrected chi connectivity index (χ4v) is 3.40. The Labute approximate surface area is 169 Å². The first kappa shape index (κ1) is 19.7. The summed E-state index contributed by atoms with van der Waals surface area (Å²) in [7, 11) is 3.86. The van der Waals surface area contributed by atoms with Gasteiger partial charge < -0.3 is 14.9 Å². The molecule has 0 aromatic heterocycles. The van der Waals surface area contributed by atoms with Crippen LogP contribution in [0.1, 0.15) is 17.2 Å². The number of Topliss-reactive ketones (excluding diaryl/α,β-unsaturated/α-hetero) is 1. The van der Waals surface area contributed by atoms with Crippen LogP contribution in [0.4, 0.5) is 5.69 Å². The summed E-state index contributed by atoms with van der Waals surface area (Å²) in [4.78, 5) is 28.7. The molecule has 0 saturated carbocycles. The van der Waals surface area contributed by atoms with Crippen LogP contribution in [0.15, 0.2) is 66.8 Å². The smallest absolute Gasteiger partial charge is 0.295 e. The molecule has 6 heteroatoms. The maximum absolute atomic E-state index is 12.8. The molecular formula is C22H21ClN2O3. The molecule has 1 N–H and O–H groups in total. The number of hydrogen-bond donors (Lipinski definition) is 1. The van der Waals surface area contributed by atoms with Gasteiger partial charge in [-0.05, 0) is 42.0 Å². The molecule has 1 amide bonds. The van der Waals surface area contributed by atoms with Gasteiger partial charge in [0.25, 0.3) is 11.7 Å².